The zero-order chi connectivity index (χ0) is 46.9. The Morgan fingerprint density at radius 1 is 0.409 bits per heavy atom. The van der Waals surface area contributed by atoms with E-state index in [1.54, 1.807) is 24.3 Å². The van der Waals surface area contributed by atoms with Crippen LogP contribution in [0.5, 0.6) is 17.2 Å². The van der Waals surface area contributed by atoms with Crippen LogP contribution in [0.25, 0.3) is 0 Å². The molecule has 0 spiro atoms. The van der Waals surface area contributed by atoms with Crippen molar-refractivity contribution in [2.24, 2.45) is 0 Å². The molecule has 0 radical (unpaired) electrons. The highest BCUT2D eigenvalue weighted by Gasteiger charge is 2.11. The Morgan fingerprint density at radius 3 is 1.26 bits per heavy atom. The first-order chi connectivity index (χ1) is 32.4. The van der Waals surface area contributed by atoms with Crippen LogP contribution in [-0.2, 0) is 41.9 Å². The van der Waals surface area contributed by atoms with E-state index < -0.39 is 12.2 Å². The van der Waals surface area contributed by atoms with Gasteiger partial charge in [0.2, 0.25) is 0 Å². The summed E-state index contributed by atoms with van der Waals surface area (Å²) in [5.41, 5.74) is 6.34. The van der Waals surface area contributed by atoms with Crippen molar-refractivity contribution in [1.29, 1.82) is 0 Å². The summed E-state index contributed by atoms with van der Waals surface area (Å²) in [6.45, 7) is 5.99. The second kappa shape index (κ2) is 34.3. The fourth-order valence-electron chi connectivity index (χ4n) is 7.94. The molecule has 0 amide bonds. The summed E-state index contributed by atoms with van der Waals surface area (Å²) in [6, 6.07) is 27.3. The highest BCUT2D eigenvalue weighted by atomic mass is 16.5. The quantitative estimate of drug-likeness (QED) is 0.0201. The van der Waals surface area contributed by atoms with Gasteiger partial charge in [0, 0.05) is 50.6 Å². The summed E-state index contributed by atoms with van der Waals surface area (Å²) < 4.78 is 17.8. The number of benzene rings is 4. The van der Waals surface area contributed by atoms with E-state index in [-0.39, 0.29) is 24.7 Å². The lowest BCUT2D eigenvalue weighted by Gasteiger charge is -2.14. The fraction of sp³-hybridized carbons (Fsp3) is 0.564. The number of unbranched alkanes of at least 4 members (excludes halogenated alkanes) is 10. The number of aryl methyl sites for hydroxylation is 3. The average Bonchev–Trinajstić information content (AvgIpc) is 3.34. The third-order valence-corrected chi connectivity index (χ3v) is 12.1. The van der Waals surface area contributed by atoms with Crippen LogP contribution in [0.3, 0.4) is 0 Å². The Bertz CT molecular complexity index is 1690. The van der Waals surface area contributed by atoms with Crippen LogP contribution in [0.15, 0.2) is 84.9 Å². The van der Waals surface area contributed by atoms with Crippen molar-refractivity contribution in [3.05, 3.63) is 124 Å². The van der Waals surface area contributed by atoms with Crippen molar-refractivity contribution >= 4 is 0 Å². The molecule has 2 unspecified atom stereocenters. The van der Waals surface area contributed by atoms with Gasteiger partial charge in [0.1, 0.15) is 17.2 Å². The van der Waals surface area contributed by atoms with Crippen LogP contribution >= 0.6 is 0 Å². The monoisotopic (exact) mass is 915 g/mol. The molecular formula is C55H82N2O9. The predicted molar refractivity (Wildman–Crippen MR) is 264 cm³/mol. The number of aliphatic hydroxyl groups excluding tert-OH is 4. The van der Waals surface area contributed by atoms with Crippen LogP contribution in [0.2, 0.25) is 0 Å². The minimum absolute atomic E-state index is 0.0436. The number of rotatable bonds is 39. The Balaban J connectivity index is 0.864. The van der Waals surface area contributed by atoms with Crippen LogP contribution in [0.4, 0.5) is 0 Å². The molecule has 4 aromatic carbocycles. The number of aliphatic hydroxyl groups is 4. The van der Waals surface area contributed by atoms with E-state index in [1.807, 2.05) is 0 Å². The van der Waals surface area contributed by atoms with Crippen LogP contribution in [0, 0.1) is 0 Å². The molecule has 2 atom stereocenters. The van der Waals surface area contributed by atoms with E-state index in [0.29, 0.717) is 35.3 Å². The molecule has 0 aliphatic heterocycles. The molecule has 0 heterocycles. The smallest absolute Gasteiger partial charge is 0.121 e. The Kier molecular flexibility index (Phi) is 28.3. The van der Waals surface area contributed by atoms with E-state index in [0.717, 1.165) is 142 Å². The molecular weight excluding hydrogens is 833 g/mol. The molecule has 0 saturated carbocycles. The zero-order valence-electron chi connectivity index (χ0n) is 39.7. The lowest BCUT2D eigenvalue weighted by atomic mass is 10.0. The molecule has 66 heavy (non-hydrogen) atoms. The molecule has 11 heteroatoms. The third kappa shape index (κ3) is 23.1. The molecule has 0 aliphatic carbocycles. The molecule has 0 aliphatic rings. The lowest BCUT2D eigenvalue weighted by Crippen LogP contribution is -2.22. The first-order valence-electron chi connectivity index (χ1n) is 24.9. The highest BCUT2D eigenvalue weighted by Crippen LogP contribution is 2.24. The van der Waals surface area contributed by atoms with Crippen molar-refractivity contribution in [3.8, 4) is 17.2 Å². The molecule has 0 saturated heterocycles. The Morgan fingerprint density at radius 2 is 0.788 bits per heavy atom. The van der Waals surface area contributed by atoms with Gasteiger partial charge in [0.05, 0.1) is 32.0 Å². The normalized spacial score (nSPS) is 12.4. The van der Waals surface area contributed by atoms with Gasteiger partial charge in [0.25, 0.3) is 0 Å². The van der Waals surface area contributed by atoms with Gasteiger partial charge in [-0.05, 0) is 148 Å². The maximum Gasteiger partial charge on any atom is 0.121 e. The summed E-state index contributed by atoms with van der Waals surface area (Å²) in [5.74, 6) is 1.04. The molecule has 4 aromatic rings. The third-order valence-electron chi connectivity index (χ3n) is 12.1. The van der Waals surface area contributed by atoms with E-state index in [4.69, 9.17) is 14.2 Å². The first kappa shape index (κ1) is 54.6. The van der Waals surface area contributed by atoms with E-state index in [9.17, 15) is 30.6 Å². The van der Waals surface area contributed by atoms with Crippen molar-refractivity contribution in [2.45, 2.75) is 141 Å². The second-order valence-electron chi connectivity index (χ2n) is 17.6. The molecule has 8 N–H and O–H groups in total. The molecule has 0 fully saturated rings. The summed E-state index contributed by atoms with van der Waals surface area (Å²) in [4.78, 5) is 0. The number of hydrogen-bond acceptors (Lipinski definition) is 11. The van der Waals surface area contributed by atoms with Gasteiger partial charge in [-0.3, -0.25) is 0 Å². The minimum atomic E-state index is -0.673. The molecule has 11 nitrogen and oxygen atoms in total. The number of nitrogens with one attached hydrogen (secondary N) is 2. The van der Waals surface area contributed by atoms with Gasteiger partial charge in [-0.1, -0.05) is 93.5 Å². The maximum absolute atomic E-state index is 10.4. The summed E-state index contributed by atoms with van der Waals surface area (Å²) in [7, 11) is 0. The number of phenols is 2. The zero-order valence-corrected chi connectivity index (χ0v) is 39.7. The van der Waals surface area contributed by atoms with Gasteiger partial charge in [-0.15, -0.1) is 0 Å². The Hall–Kier alpha value is -4.04. The van der Waals surface area contributed by atoms with Crippen LogP contribution in [-0.4, -0.2) is 89.9 Å². The largest absolute Gasteiger partial charge is 0.508 e. The SMILES string of the molecule is OCc1cc(C(O)CNCCCCCCOCCCc2ccc(CCCCCCCOc3ccc(CCCOCCCCCCNCC(O)c4ccc(O)c(CO)c4)cc3)cc2)ccc1O. The van der Waals surface area contributed by atoms with Gasteiger partial charge in [-0.25, -0.2) is 0 Å². The number of hydrogen-bond donors (Lipinski definition) is 8. The standard InChI is InChI=1S/C55H82N2O9/c58-42-49-38-47(25-29-52(49)60)54(62)40-56-31-9-3-6-11-33-64-35-14-17-45-21-19-44(20-22-45)16-8-2-1-5-13-37-66-51-27-23-46(24-28-51)18-15-36-65-34-12-7-4-10-32-57-41-55(63)48-26-30-53(61)50(39-48)43-59/h19-30,38-39,54-63H,1-18,31-37,40-43H2. The van der Waals surface area contributed by atoms with Crippen LogP contribution < -0.4 is 15.4 Å². The second-order valence-corrected chi connectivity index (χ2v) is 17.6. The van der Waals surface area contributed by atoms with E-state index in [2.05, 4.69) is 59.2 Å². The van der Waals surface area contributed by atoms with Crippen molar-refractivity contribution in [2.75, 3.05) is 59.2 Å². The fourth-order valence-corrected chi connectivity index (χ4v) is 7.94. The van der Waals surface area contributed by atoms with Crippen molar-refractivity contribution < 1.29 is 44.8 Å². The van der Waals surface area contributed by atoms with E-state index >= 15 is 0 Å². The van der Waals surface area contributed by atoms with Crippen molar-refractivity contribution in [1.82, 2.24) is 10.6 Å². The summed E-state index contributed by atoms with van der Waals surface area (Å²) >= 11 is 0. The summed E-state index contributed by atoms with van der Waals surface area (Å²) in [6.07, 6.45) is 18.6. The van der Waals surface area contributed by atoms with Crippen LogP contribution in [0.1, 0.15) is 147 Å². The minimum Gasteiger partial charge on any atom is -0.508 e. The molecule has 0 bridgehead atoms. The molecule has 366 valence electrons. The predicted octanol–water partition coefficient (Wildman–Crippen LogP) is 9.32. The van der Waals surface area contributed by atoms with Gasteiger partial charge in [0.15, 0.2) is 0 Å². The average molecular weight is 915 g/mol. The van der Waals surface area contributed by atoms with E-state index in [1.165, 1.54) is 54.5 Å². The van der Waals surface area contributed by atoms with Gasteiger partial charge in [-0.2, -0.15) is 0 Å². The van der Waals surface area contributed by atoms with Crippen molar-refractivity contribution in [3.63, 3.8) is 0 Å². The summed E-state index contributed by atoms with van der Waals surface area (Å²) in [5, 5.41) is 65.3. The van der Waals surface area contributed by atoms with Gasteiger partial charge < -0.3 is 55.5 Å². The van der Waals surface area contributed by atoms with Gasteiger partial charge >= 0.3 is 0 Å². The highest BCUT2D eigenvalue weighted by molar-refractivity contribution is 5.37. The Labute approximate surface area is 395 Å². The molecule has 0 aromatic heterocycles. The number of aromatic hydroxyl groups is 2. The molecule has 4 rings (SSSR count). The number of ether oxygens (including phenoxy) is 3. The lowest BCUT2D eigenvalue weighted by molar-refractivity contribution is 0.127. The topological polar surface area (TPSA) is 173 Å². The first-order valence-corrected chi connectivity index (χ1v) is 24.9. The maximum atomic E-state index is 10.4.